The van der Waals surface area contributed by atoms with Crippen LogP contribution in [0.4, 0.5) is 0 Å². The monoisotopic (exact) mass is 477 g/mol. The first-order valence-electron chi connectivity index (χ1n) is 8.49. The molecular formula is C16H20BrN3O5S2. The molecule has 2 aromatic rings. The van der Waals surface area contributed by atoms with Crippen molar-refractivity contribution < 1.29 is 17.4 Å². The number of thiazole rings is 1. The highest BCUT2D eigenvalue weighted by atomic mass is 79.9. The van der Waals surface area contributed by atoms with E-state index in [1.807, 2.05) is 4.90 Å². The van der Waals surface area contributed by atoms with Gasteiger partial charge in [-0.15, -0.1) is 0 Å². The molecule has 1 fully saturated rings. The number of likely N-dealkylation sites (tertiary alicyclic amines) is 1. The van der Waals surface area contributed by atoms with Crippen LogP contribution in [0.1, 0.15) is 25.4 Å². The van der Waals surface area contributed by atoms with E-state index in [1.165, 1.54) is 4.57 Å². The molecule has 8 nitrogen and oxygen atoms in total. The Morgan fingerprint density at radius 1 is 1.44 bits per heavy atom. The molecule has 2 aromatic heterocycles. The Morgan fingerprint density at radius 3 is 2.78 bits per heavy atom. The van der Waals surface area contributed by atoms with Crippen LogP contribution in [-0.2, 0) is 19.1 Å². The van der Waals surface area contributed by atoms with Gasteiger partial charge in [0, 0.05) is 23.8 Å². The van der Waals surface area contributed by atoms with Gasteiger partial charge in [-0.2, -0.15) is 8.42 Å². The van der Waals surface area contributed by atoms with E-state index in [1.54, 1.807) is 12.3 Å². The molecule has 0 amide bonds. The Labute approximate surface area is 169 Å². The van der Waals surface area contributed by atoms with Crippen LogP contribution in [0.5, 0.6) is 0 Å². The summed E-state index contributed by atoms with van der Waals surface area (Å²) in [6, 6.07) is 1.80. The zero-order valence-corrected chi connectivity index (χ0v) is 17.9. The van der Waals surface area contributed by atoms with Crippen molar-refractivity contribution in [1.29, 1.82) is 0 Å². The van der Waals surface area contributed by atoms with Crippen LogP contribution in [0.25, 0.3) is 10.3 Å². The number of hydrogen-bond donors (Lipinski definition) is 0. The first-order valence-corrected chi connectivity index (χ1v) is 11.9. The van der Waals surface area contributed by atoms with Gasteiger partial charge >= 0.3 is 4.87 Å². The van der Waals surface area contributed by atoms with E-state index in [0.29, 0.717) is 35.8 Å². The van der Waals surface area contributed by atoms with Gasteiger partial charge < -0.3 is 0 Å². The standard InChI is InChI=1S/C16H20BrN3O5S2/c1-27(23,24)25-7-4-11-2-5-19(6-3-11)14(10-21)20-13-8-12(17)9-18-15(13)26-16(20)22/h8-11,14H,2-7H2,1H3. The minimum Gasteiger partial charge on any atom is -0.299 e. The predicted molar refractivity (Wildman–Crippen MR) is 106 cm³/mol. The molecule has 0 spiro atoms. The van der Waals surface area contributed by atoms with E-state index in [-0.39, 0.29) is 11.5 Å². The van der Waals surface area contributed by atoms with Crippen molar-refractivity contribution in [3.05, 3.63) is 26.4 Å². The largest absolute Gasteiger partial charge is 0.311 e. The van der Waals surface area contributed by atoms with Gasteiger partial charge in [0.1, 0.15) is 11.0 Å². The molecule has 0 radical (unpaired) electrons. The van der Waals surface area contributed by atoms with Crippen molar-refractivity contribution in [2.75, 3.05) is 26.0 Å². The van der Waals surface area contributed by atoms with E-state index in [2.05, 4.69) is 20.9 Å². The third kappa shape index (κ3) is 5.02. The smallest absolute Gasteiger partial charge is 0.299 e. The minimum atomic E-state index is -3.42. The fourth-order valence-corrected chi connectivity index (χ4v) is 4.89. The SMILES string of the molecule is CS(=O)(=O)OCCC1CCN(C(C=O)n2c(=O)sc3ncc(Br)cc32)CC1. The fourth-order valence-electron chi connectivity index (χ4n) is 3.33. The number of fused-ring (bicyclic) bond motifs is 1. The van der Waals surface area contributed by atoms with E-state index < -0.39 is 16.3 Å². The van der Waals surface area contributed by atoms with Crippen molar-refractivity contribution >= 4 is 54.0 Å². The third-order valence-corrected chi connectivity index (χ3v) is 6.58. The molecule has 3 rings (SSSR count). The Morgan fingerprint density at radius 2 is 2.15 bits per heavy atom. The summed E-state index contributed by atoms with van der Waals surface area (Å²) in [6.07, 6.45) is 5.08. The topological polar surface area (TPSA) is 98.6 Å². The summed E-state index contributed by atoms with van der Waals surface area (Å²) in [6.45, 7) is 1.48. The summed E-state index contributed by atoms with van der Waals surface area (Å²) in [5.74, 6) is 0.335. The third-order valence-electron chi connectivity index (χ3n) is 4.67. The minimum absolute atomic E-state index is 0.176. The predicted octanol–water partition coefficient (Wildman–Crippen LogP) is 2.00. The number of aldehydes is 1. The fraction of sp³-hybridized carbons (Fsp3) is 0.562. The molecule has 1 saturated heterocycles. The highest BCUT2D eigenvalue weighted by Crippen LogP contribution is 2.27. The molecule has 0 aromatic carbocycles. The molecule has 0 aliphatic carbocycles. The highest BCUT2D eigenvalue weighted by molar-refractivity contribution is 9.10. The molecule has 1 atom stereocenters. The van der Waals surface area contributed by atoms with Crippen LogP contribution in [0.15, 0.2) is 21.5 Å². The Bertz CT molecular complexity index is 980. The van der Waals surface area contributed by atoms with Crippen LogP contribution >= 0.6 is 27.3 Å². The van der Waals surface area contributed by atoms with Gasteiger partial charge in [-0.3, -0.25) is 23.2 Å². The lowest BCUT2D eigenvalue weighted by molar-refractivity contribution is -0.116. The highest BCUT2D eigenvalue weighted by Gasteiger charge is 2.28. The first-order chi connectivity index (χ1) is 12.8. The van der Waals surface area contributed by atoms with Gasteiger partial charge in [-0.05, 0) is 47.2 Å². The van der Waals surface area contributed by atoms with Gasteiger partial charge in [-0.1, -0.05) is 11.3 Å². The van der Waals surface area contributed by atoms with Gasteiger partial charge in [0.25, 0.3) is 10.1 Å². The summed E-state index contributed by atoms with van der Waals surface area (Å²) in [4.78, 5) is 30.9. The average molecular weight is 478 g/mol. The van der Waals surface area contributed by atoms with Gasteiger partial charge in [0.2, 0.25) is 0 Å². The maximum Gasteiger partial charge on any atom is 0.311 e. The maximum atomic E-state index is 12.5. The Balaban J connectivity index is 1.70. The first kappa shape index (κ1) is 20.6. The molecule has 1 unspecified atom stereocenters. The number of aromatic nitrogens is 2. The van der Waals surface area contributed by atoms with Crippen molar-refractivity contribution in [2.24, 2.45) is 5.92 Å². The lowest BCUT2D eigenvalue weighted by Gasteiger charge is -2.35. The Hall–Kier alpha value is -1.14. The van der Waals surface area contributed by atoms with Crippen molar-refractivity contribution in [3.8, 4) is 0 Å². The van der Waals surface area contributed by atoms with E-state index in [0.717, 1.165) is 41.2 Å². The van der Waals surface area contributed by atoms with Gasteiger partial charge in [0.05, 0.1) is 18.4 Å². The van der Waals surface area contributed by atoms with Crippen LogP contribution in [0.3, 0.4) is 0 Å². The number of carbonyl (C=O) groups excluding carboxylic acids is 1. The van der Waals surface area contributed by atoms with Crippen LogP contribution in [-0.4, -0.2) is 55.1 Å². The number of nitrogens with zero attached hydrogens (tertiary/aromatic N) is 3. The van der Waals surface area contributed by atoms with E-state index >= 15 is 0 Å². The van der Waals surface area contributed by atoms with E-state index in [9.17, 15) is 18.0 Å². The second kappa shape index (κ2) is 8.48. The lowest BCUT2D eigenvalue weighted by atomic mass is 9.94. The molecule has 0 saturated carbocycles. The van der Waals surface area contributed by atoms with Crippen molar-refractivity contribution in [1.82, 2.24) is 14.5 Å². The number of pyridine rings is 1. The number of halogens is 1. The number of piperidine rings is 1. The zero-order valence-electron chi connectivity index (χ0n) is 14.7. The number of rotatable bonds is 7. The summed E-state index contributed by atoms with van der Waals surface area (Å²) >= 11 is 4.38. The molecule has 11 heteroatoms. The quantitative estimate of drug-likeness (QED) is 0.444. The molecule has 27 heavy (non-hydrogen) atoms. The van der Waals surface area contributed by atoms with Crippen LogP contribution in [0.2, 0.25) is 0 Å². The normalized spacial score (nSPS) is 18.0. The zero-order chi connectivity index (χ0) is 19.6. The molecule has 1 aliphatic heterocycles. The molecule has 148 valence electrons. The molecule has 1 aliphatic rings. The molecule has 3 heterocycles. The van der Waals surface area contributed by atoms with Gasteiger partial charge in [-0.25, -0.2) is 4.98 Å². The van der Waals surface area contributed by atoms with E-state index in [4.69, 9.17) is 4.18 Å². The summed E-state index contributed by atoms with van der Waals surface area (Å²) in [5, 5.41) is 0. The second-order valence-electron chi connectivity index (χ2n) is 6.56. The average Bonchev–Trinajstić information content (AvgIpc) is 2.92. The maximum absolute atomic E-state index is 12.5. The number of carbonyl (C=O) groups is 1. The lowest BCUT2D eigenvalue weighted by Crippen LogP contribution is -2.42. The van der Waals surface area contributed by atoms with Crippen LogP contribution < -0.4 is 4.87 Å². The second-order valence-corrected chi connectivity index (χ2v) is 10.1. The number of hydrogen-bond acceptors (Lipinski definition) is 8. The van der Waals surface area contributed by atoms with Crippen molar-refractivity contribution in [3.63, 3.8) is 0 Å². The van der Waals surface area contributed by atoms with Crippen molar-refractivity contribution in [2.45, 2.75) is 25.4 Å². The summed E-state index contributed by atoms with van der Waals surface area (Å²) < 4.78 is 29.1. The molecular weight excluding hydrogens is 458 g/mol. The Kier molecular flexibility index (Phi) is 6.46. The van der Waals surface area contributed by atoms with Gasteiger partial charge in [0.15, 0.2) is 6.29 Å². The van der Waals surface area contributed by atoms with Crippen LogP contribution in [0, 0.1) is 5.92 Å². The summed E-state index contributed by atoms with van der Waals surface area (Å²) in [7, 11) is -3.42. The summed E-state index contributed by atoms with van der Waals surface area (Å²) in [5.41, 5.74) is 0.639. The molecule has 0 N–H and O–H groups in total. The molecule has 0 bridgehead atoms.